The van der Waals surface area contributed by atoms with E-state index in [4.69, 9.17) is 0 Å². The summed E-state index contributed by atoms with van der Waals surface area (Å²) in [4.78, 5) is 23.2. The molecule has 0 aliphatic heterocycles. The first-order chi connectivity index (χ1) is 9.88. The molecule has 0 bridgehead atoms. The van der Waals surface area contributed by atoms with E-state index in [1.807, 2.05) is 39.0 Å². The van der Waals surface area contributed by atoms with Crippen LogP contribution in [0.15, 0.2) is 24.3 Å². The van der Waals surface area contributed by atoms with Gasteiger partial charge in [0.15, 0.2) is 5.78 Å². The number of hydrogen-bond acceptors (Lipinski definition) is 2. The minimum atomic E-state index is -0.228. The van der Waals surface area contributed by atoms with Gasteiger partial charge in [-0.3, -0.25) is 9.59 Å². The second-order valence-electron chi connectivity index (χ2n) is 6.63. The molecule has 0 radical (unpaired) electrons. The molecule has 0 N–H and O–H groups in total. The lowest BCUT2D eigenvalue weighted by atomic mass is 9.88. The highest BCUT2D eigenvalue weighted by Crippen LogP contribution is 2.18. The van der Waals surface area contributed by atoms with Crippen molar-refractivity contribution < 1.29 is 9.59 Å². The molecule has 0 rings (SSSR count). The fourth-order valence-electron chi connectivity index (χ4n) is 1.90. The number of allylic oxidation sites excluding steroid dienone is 4. The zero-order valence-electron chi connectivity index (χ0n) is 14.3. The van der Waals surface area contributed by atoms with Crippen molar-refractivity contribution in [3.8, 4) is 0 Å². The molecule has 0 aliphatic rings. The number of Topliss-reactive ketones (excluding diaryl/α,β-unsaturated/α-hetero) is 1. The minimum Gasteiger partial charge on any atom is -0.299 e. The smallest absolute Gasteiger partial charge is 0.155 e. The maximum absolute atomic E-state index is 11.7. The minimum absolute atomic E-state index is 0.207. The van der Waals surface area contributed by atoms with Gasteiger partial charge in [-0.25, -0.2) is 0 Å². The first kappa shape index (κ1) is 19.8. The average molecular weight is 292 g/mol. The van der Waals surface area contributed by atoms with Gasteiger partial charge in [-0.2, -0.15) is 0 Å². The summed E-state index contributed by atoms with van der Waals surface area (Å²) >= 11 is 0. The van der Waals surface area contributed by atoms with Crippen LogP contribution in [-0.4, -0.2) is 11.6 Å². The summed E-state index contributed by atoms with van der Waals surface area (Å²) < 4.78 is 0. The number of carbonyl (C=O) groups excluding carboxylic acids is 2. The molecule has 0 aromatic carbocycles. The highest BCUT2D eigenvalue weighted by atomic mass is 16.1. The lowest BCUT2D eigenvalue weighted by Gasteiger charge is -2.15. The third-order valence-corrected chi connectivity index (χ3v) is 3.42. The molecule has 0 aromatic rings. The zero-order chi connectivity index (χ0) is 16.1. The van der Waals surface area contributed by atoms with Gasteiger partial charge < -0.3 is 0 Å². The normalized spacial score (nSPS) is 12.4. The maximum atomic E-state index is 11.7. The van der Waals surface area contributed by atoms with Gasteiger partial charge in [0.05, 0.1) is 0 Å². The average Bonchev–Trinajstić information content (AvgIpc) is 2.41. The molecule has 0 spiro atoms. The molecule has 0 aliphatic carbocycles. The van der Waals surface area contributed by atoms with Crippen LogP contribution in [0.5, 0.6) is 0 Å². The summed E-state index contributed by atoms with van der Waals surface area (Å²) in [6.45, 7) is 8.04. The molecular formula is C19H32O2. The number of ketones is 2. The molecular weight excluding hydrogens is 260 g/mol. The third-order valence-electron chi connectivity index (χ3n) is 3.42. The van der Waals surface area contributed by atoms with Crippen molar-refractivity contribution in [2.75, 3.05) is 0 Å². The molecule has 2 nitrogen and oxygen atoms in total. The molecule has 0 unspecified atom stereocenters. The van der Waals surface area contributed by atoms with E-state index in [-0.39, 0.29) is 11.2 Å². The standard InChI is InChI=1S/C19H32O2/c1-5-6-7-11-14-17(20)15-12-9-8-10-13-16-18(21)19(2,3)4/h8-9,12,15H,5-7,10-11,13-14,16H2,1-4H3. The molecule has 0 aromatic heterocycles. The van der Waals surface area contributed by atoms with Crippen LogP contribution in [0, 0.1) is 5.41 Å². The van der Waals surface area contributed by atoms with Crippen LogP contribution >= 0.6 is 0 Å². The van der Waals surface area contributed by atoms with Crippen LogP contribution in [0.2, 0.25) is 0 Å². The molecule has 120 valence electrons. The molecule has 0 saturated heterocycles. The fraction of sp³-hybridized carbons (Fsp3) is 0.684. The quantitative estimate of drug-likeness (QED) is 0.289. The summed E-state index contributed by atoms with van der Waals surface area (Å²) in [6.07, 6.45) is 15.0. The van der Waals surface area contributed by atoms with Crippen molar-refractivity contribution in [1.29, 1.82) is 0 Å². The lowest BCUT2D eigenvalue weighted by Crippen LogP contribution is -2.19. The lowest BCUT2D eigenvalue weighted by molar-refractivity contribution is -0.126. The van der Waals surface area contributed by atoms with Gasteiger partial charge in [0.1, 0.15) is 5.78 Å². The maximum Gasteiger partial charge on any atom is 0.155 e. The van der Waals surface area contributed by atoms with Crippen LogP contribution in [0.4, 0.5) is 0 Å². The Hall–Kier alpha value is -1.18. The van der Waals surface area contributed by atoms with Gasteiger partial charge >= 0.3 is 0 Å². The monoisotopic (exact) mass is 292 g/mol. The molecule has 0 saturated carbocycles. The van der Waals surface area contributed by atoms with Gasteiger partial charge in [-0.1, -0.05) is 65.2 Å². The summed E-state index contributed by atoms with van der Waals surface area (Å²) in [5.74, 6) is 0.521. The Labute approximate surface area is 130 Å². The van der Waals surface area contributed by atoms with Crippen molar-refractivity contribution in [3.63, 3.8) is 0 Å². The van der Waals surface area contributed by atoms with Crippen molar-refractivity contribution >= 4 is 11.6 Å². The highest BCUT2D eigenvalue weighted by molar-refractivity contribution is 5.89. The summed E-state index contributed by atoms with van der Waals surface area (Å²) in [7, 11) is 0. The first-order valence-corrected chi connectivity index (χ1v) is 8.27. The number of carbonyl (C=O) groups is 2. The van der Waals surface area contributed by atoms with E-state index < -0.39 is 0 Å². The Bertz CT molecular complexity index is 356. The molecule has 2 heteroatoms. The van der Waals surface area contributed by atoms with Gasteiger partial charge in [0, 0.05) is 18.3 Å². The molecule has 0 amide bonds. The second-order valence-corrected chi connectivity index (χ2v) is 6.63. The Morgan fingerprint density at radius 3 is 2.24 bits per heavy atom. The van der Waals surface area contributed by atoms with Gasteiger partial charge in [-0.05, 0) is 25.3 Å². The van der Waals surface area contributed by atoms with E-state index in [9.17, 15) is 9.59 Å². The first-order valence-electron chi connectivity index (χ1n) is 8.27. The van der Waals surface area contributed by atoms with E-state index >= 15 is 0 Å². The zero-order valence-corrected chi connectivity index (χ0v) is 14.3. The SMILES string of the molecule is CCCCCCC(=O)C=CC=CCCCC(=O)C(C)(C)C. The summed E-state index contributed by atoms with van der Waals surface area (Å²) in [5.41, 5.74) is -0.228. The van der Waals surface area contributed by atoms with Crippen molar-refractivity contribution in [3.05, 3.63) is 24.3 Å². The largest absolute Gasteiger partial charge is 0.299 e. The third kappa shape index (κ3) is 12.3. The Kier molecular flexibility index (Phi) is 10.8. The number of hydrogen-bond donors (Lipinski definition) is 0. The molecule has 21 heavy (non-hydrogen) atoms. The van der Waals surface area contributed by atoms with E-state index in [0.29, 0.717) is 18.6 Å². The van der Waals surface area contributed by atoms with Gasteiger partial charge in [0.25, 0.3) is 0 Å². The Morgan fingerprint density at radius 1 is 0.905 bits per heavy atom. The van der Waals surface area contributed by atoms with Crippen molar-refractivity contribution in [1.82, 2.24) is 0 Å². The summed E-state index contributed by atoms with van der Waals surface area (Å²) in [6, 6.07) is 0. The van der Waals surface area contributed by atoms with Crippen LogP contribution in [0.25, 0.3) is 0 Å². The fourth-order valence-corrected chi connectivity index (χ4v) is 1.90. The van der Waals surface area contributed by atoms with Crippen molar-refractivity contribution in [2.24, 2.45) is 5.41 Å². The van der Waals surface area contributed by atoms with E-state index in [1.165, 1.54) is 12.8 Å². The van der Waals surface area contributed by atoms with Crippen LogP contribution in [0.3, 0.4) is 0 Å². The van der Waals surface area contributed by atoms with Crippen LogP contribution < -0.4 is 0 Å². The van der Waals surface area contributed by atoms with E-state index in [2.05, 4.69) is 6.92 Å². The number of unbranched alkanes of at least 4 members (excludes halogenated alkanes) is 4. The van der Waals surface area contributed by atoms with Crippen LogP contribution in [0.1, 0.15) is 79.1 Å². The predicted octanol–water partition coefficient (Wildman–Crippen LogP) is 5.42. The molecule has 0 fully saturated rings. The number of rotatable bonds is 11. The van der Waals surface area contributed by atoms with Gasteiger partial charge in [-0.15, -0.1) is 0 Å². The van der Waals surface area contributed by atoms with Gasteiger partial charge in [0.2, 0.25) is 0 Å². The van der Waals surface area contributed by atoms with Crippen molar-refractivity contribution in [2.45, 2.75) is 79.1 Å². The summed E-state index contributed by atoms with van der Waals surface area (Å²) in [5, 5.41) is 0. The second kappa shape index (κ2) is 11.5. The predicted molar refractivity (Wildman–Crippen MR) is 90.4 cm³/mol. The van der Waals surface area contributed by atoms with E-state index in [1.54, 1.807) is 6.08 Å². The van der Waals surface area contributed by atoms with E-state index in [0.717, 1.165) is 25.7 Å². The topological polar surface area (TPSA) is 34.1 Å². The Morgan fingerprint density at radius 2 is 1.62 bits per heavy atom. The molecule has 0 heterocycles. The van der Waals surface area contributed by atoms with Crippen LogP contribution in [-0.2, 0) is 9.59 Å². The Balaban J connectivity index is 3.69. The molecule has 0 atom stereocenters. The highest BCUT2D eigenvalue weighted by Gasteiger charge is 2.19.